The van der Waals surface area contributed by atoms with E-state index in [1.165, 1.54) is 26.4 Å². The van der Waals surface area contributed by atoms with Gasteiger partial charge in [0.25, 0.3) is 0 Å². The van der Waals surface area contributed by atoms with Gasteiger partial charge in [-0.05, 0) is 71.7 Å². The lowest BCUT2D eigenvalue weighted by atomic mass is 10.0. The van der Waals surface area contributed by atoms with Crippen molar-refractivity contribution in [3.05, 3.63) is 31.8 Å². The summed E-state index contributed by atoms with van der Waals surface area (Å²) in [6.45, 7) is 3.22. The van der Waals surface area contributed by atoms with Gasteiger partial charge in [0.2, 0.25) is 0 Å². The second kappa shape index (κ2) is 5.15. The molecule has 1 unspecified atom stereocenters. The Labute approximate surface area is 113 Å². The van der Waals surface area contributed by atoms with Gasteiger partial charge in [0, 0.05) is 14.1 Å². The Kier molecular flexibility index (Phi) is 4.07. The highest BCUT2D eigenvalue weighted by molar-refractivity contribution is 14.1. The summed E-state index contributed by atoms with van der Waals surface area (Å²) in [4.78, 5) is 0. The van der Waals surface area contributed by atoms with Gasteiger partial charge in [-0.3, -0.25) is 0 Å². The van der Waals surface area contributed by atoms with Crippen LogP contribution in [0.25, 0.3) is 0 Å². The molecule has 1 aromatic carbocycles. The van der Waals surface area contributed by atoms with E-state index in [9.17, 15) is 0 Å². The molecule has 3 heteroatoms. The van der Waals surface area contributed by atoms with Crippen LogP contribution in [-0.2, 0) is 0 Å². The van der Waals surface area contributed by atoms with E-state index in [0.29, 0.717) is 6.04 Å². The first kappa shape index (κ1) is 11.9. The van der Waals surface area contributed by atoms with Crippen molar-refractivity contribution in [3.8, 4) is 0 Å². The van der Waals surface area contributed by atoms with Crippen molar-refractivity contribution in [2.24, 2.45) is 5.92 Å². The minimum Gasteiger partial charge on any atom is -0.310 e. The molecule has 0 saturated heterocycles. The molecule has 1 aliphatic rings. The molecule has 0 heterocycles. The van der Waals surface area contributed by atoms with E-state index < -0.39 is 0 Å². The Balaban J connectivity index is 2.27. The van der Waals surface area contributed by atoms with E-state index in [4.69, 9.17) is 0 Å². The van der Waals surface area contributed by atoms with Crippen LogP contribution < -0.4 is 5.32 Å². The monoisotopic (exact) mass is 379 g/mol. The molecule has 1 atom stereocenters. The Hall–Kier alpha value is 0.390. The van der Waals surface area contributed by atoms with E-state index >= 15 is 0 Å². The van der Waals surface area contributed by atoms with Crippen LogP contribution in [-0.4, -0.2) is 6.54 Å². The minimum atomic E-state index is 0.541. The predicted molar refractivity (Wildman–Crippen MR) is 76.0 cm³/mol. The van der Waals surface area contributed by atoms with Crippen molar-refractivity contribution in [2.75, 3.05) is 6.54 Å². The van der Waals surface area contributed by atoms with E-state index in [2.05, 4.69) is 69.0 Å². The first-order valence-electron chi connectivity index (χ1n) is 5.40. The third-order valence-corrected chi connectivity index (χ3v) is 4.20. The Morgan fingerprint density at radius 3 is 2.87 bits per heavy atom. The molecule has 0 aromatic heterocycles. The third-order valence-electron chi connectivity index (χ3n) is 2.81. The largest absolute Gasteiger partial charge is 0.310 e. The molecule has 0 aliphatic heterocycles. The summed E-state index contributed by atoms with van der Waals surface area (Å²) in [7, 11) is 0. The molecule has 0 radical (unpaired) electrons. The predicted octanol–water partition coefficient (Wildman–Crippen LogP) is 4.11. The number of halogens is 2. The van der Waals surface area contributed by atoms with Gasteiger partial charge in [-0.15, -0.1) is 0 Å². The molecular weight excluding hydrogens is 365 g/mol. The van der Waals surface area contributed by atoms with Gasteiger partial charge in [-0.25, -0.2) is 0 Å². The molecule has 1 aliphatic carbocycles. The fraction of sp³-hybridized carbons (Fsp3) is 0.500. The van der Waals surface area contributed by atoms with Gasteiger partial charge >= 0.3 is 0 Å². The quantitative estimate of drug-likeness (QED) is 0.776. The maximum Gasteiger partial charge on any atom is 0.0360 e. The second-order valence-electron chi connectivity index (χ2n) is 4.04. The summed E-state index contributed by atoms with van der Waals surface area (Å²) in [5.74, 6) is 0.847. The smallest absolute Gasteiger partial charge is 0.0360 e. The summed E-state index contributed by atoms with van der Waals surface area (Å²) >= 11 is 6.03. The van der Waals surface area contributed by atoms with Crippen molar-refractivity contribution in [2.45, 2.75) is 25.8 Å². The highest BCUT2D eigenvalue weighted by atomic mass is 127. The normalized spacial score (nSPS) is 17.8. The highest BCUT2D eigenvalue weighted by Gasteiger charge is 2.32. The zero-order valence-electron chi connectivity index (χ0n) is 8.76. The molecule has 0 spiro atoms. The molecule has 1 fully saturated rings. The summed E-state index contributed by atoms with van der Waals surface area (Å²) in [5.41, 5.74) is 1.42. The standard InChI is InChI=1S/C12H15BrIN/c1-2-15-12(8-3-4-8)10-7-9(14)5-6-11(10)13/h5-8,12,15H,2-4H2,1H3. The Morgan fingerprint density at radius 1 is 1.53 bits per heavy atom. The first-order chi connectivity index (χ1) is 7.22. The molecule has 1 N–H and O–H groups in total. The van der Waals surface area contributed by atoms with Crippen LogP contribution in [0.1, 0.15) is 31.4 Å². The zero-order chi connectivity index (χ0) is 10.8. The number of benzene rings is 1. The van der Waals surface area contributed by atoms with Crippen molar-refractivity contribution >= 4 is 38.5 Å². The lowest BCUT2D eigenvalue weighted by molar-refractivity contribution is 0.494. The van der Waals surface area contributed by atoms with Crippen molar-refractivity contribution < 1.29 is 0 Å². The SMILES string of the molecule is CCNC(c1cc(I)ccc1Br)C1CC1. The highest BCUT2D eigenvalue weighted by Crippen LogP contribution is 2.43. The first-order valence-corrected chi connectivity index (χ1v) is 7.28. The van der Waals surface area contributed by atoms with E-state index in [1.807, 2.05) is 0 Å². The van der Waals surface area contributed by atoms with Crippen LogP contribution in [0, 0.1) is 9.49 Å². The molecule has 0 bridgehead atoms. The van der Waals surface area contributed by atoms with Gasteiger partial charge in [0.05, 0.1) is 0 Å². The second-order valence-corrected chi connectivity index (χ2v) is 6.14. The molecule has 82 valence electrons. The topological polar surface area (TPSA) is 12.0 Å². The summed E-state index contributed by atoms with van der Waals surface area (Å²) < 4.78 is 2.55. The lowest BCUT2D eigenvalue weighted by Gasteiger charge is -2.19. The fourth-order valence-corrected chi connectivity index (χ4v) is 2.94. The minimum absolute atomic E-state index is 0.541. The zero-order valence-corrected chi connectivity index (χ0v) is 12.5. The van der Waals surface area contributed by atoms with Crippen LogP contribution in [0.5, 0.6) is 0 Å². The van der Waals surface area contributed by atoms with Crippen LogP contribution in [0.15, 0.2) is 22.7 Å². The molecule has 1 saturated carbocycles. The van der Waals surface area contributed by atoms with Crippen LogP contribution in [0.3, 0.4) is 0 Å². The van der Waals surface area contributed by atoms with Crippen LogP contribution in [0.2, 0.25) is 0 Å². The molecule has 1 nitrogen and oxygen atoms in total. The number of hydrogen-bond donors (Lipinski definition) is 1. The van der Waals surface area contributed by atoms with E-state index in [-0.39, 0.29) is 0 Å². The van der Waals surface area contributed by atoms with Crippen molar-refractivity contribution in [3.63, 3.8) is 0 Å². The molecule has 1 aromatic rings. The van der Waals surface area contributed by atoms with E-state index in [0.717, 1.165) is 12.5 Å². The average Bonchev–Trinajstić information content (AvgIpc) is 3.02. The average molecular weight is 380 g/mol. The maximum atomic E-state index is 3.65. The van der Waals surface area contributed by atoms with Gasteiger partial charge in [-0.2, -0.15) is 0 Å². The van der Waals surface area contributed by atoms with Gasteiger partial charge < -0.3 is 5.32 Å². The van der Waals surface area contributed by atoms with Gasteiger partial charge in [0.15, 0.2) is 0 Å². The number of rotatable bonds is 4. The van der Waals surface area contributed by atoms with Crippen LogP contribution in [0.4, 0.5) is 0 Å². The summed E-state index contributed by atoms with van der Waals surface area (Å²) in [5, 5.41) is 3.60. The molecule has 2 rings (SSSR count). The van der Waals surface area contributed by atoms with Crippen molar-refractivity contribution in [1.29, 1.82) is 0 Å². The summed E-state index contributed by atoms with van der Waals surface area (Å²) in [6.07, 6.45) is 2.74. The molecule has 15 heavy (non-hydrogen) atoms. The maximum absolute atomic E-state index is 3.65. The van der Waals surface area contributed by atoms with Crippen LogP contribution >= 0.6 is 38.5 Å². The number of nitrogens with one attached hydrogen (secondary N) is 1. The molecule has 0 amide bonds. The Morgan fingerprint density at radius 2 is 2.27 bits per heavy atom. The van der Waals surface area contributed by atoms with Gasteiger partial charge in [0.1, 0.15) is 0 Å². The number of hydrogen-bond acceptors (Lipinski definition) is 1. The van der Waals surface area contributed by atoms with Gasteiger partial charge in [-0.1, -0.05) is 22.9 Å². The van der Waals surface area contributed by atoms with E-state index in [1.54, 1.807) is 0 Å². The lowest BCUT2D eigenvalue weighted by Crippen LogP contribution is -2.23. The molecular formula is C12H15BrIN. The fourth-order valence-electron chi connectivity index (χ4n) is 1.93. The third kappa shape index (κ3) is 2.94. The summed E-state index contributed by atoms with van der Waals surface area (Å²) in [6, 6.07) is 7.13. The van der Waals surface area contributed by atoms with Crippen molar-refractivity contribution in [1.82, 2.24) is 5.32 Å². The Bertz CT molecular complexity index is 349.